The van der Waals surface area contributed by atoms with Gasteiger partial charge in [-0.25, -0.2) is 8.78 Å². The summed E-state index contributed by atoms with van der Waals surface area (Å²) >= 11 is 0. The monoisotopic (exact) mass is 196 g/mol. The molecule has 0 spiro atoms. The Labute approximate surface area is 79.7 Å². The average molecular weight is 196 g/mol. The van der Waals surface area contributed by atoms with Crippen molar-refractivity contribution in [3.8, 4) is 0 Å². The van der Waals surface area contributed by atoms with Crippen LogP contribution in [-0.2, 0) is 0 Å². The summed E-state index contributed by atoms with van der Waals surface area (Å²) in [5.74, 6) is -1.17. The van der Waals surface area contributed by atoms with Gasteiger partial charge in [-0.3, -0.25) is 0 Å². The number of rotatable bonds is 1. The van der Waals surface area contributed by atoms with Gasteiger partial charge in [-0.15, -0.1) is 0 Å². The van der Waals surface area contributed by atoms with Crippen LogP contribution >= 0.6 is 0 Å². The van der Waals surface area contributed by atoms with E-state index >= 15 is 0 Å². The smallest absolute Gasteiger partial charge is 0.150 e. The molecule has 14 heavy (non-hydrogen) atoms. The van der Waals surface area contributed by atoms with Crippen molar-refractivity contribution >= 4 is 10.9 Å². The van der Waals surface area contributed by atoms with Gasteiger partial charge in [0.25, 0.3) is 0 Å². The lowest BCUT2D eigenvalue weighted by Gasteiger charge is -1.98. The molecule has 0 amide bonds. The lowest BCUT2D eigenvalue weighted by molar-refractivity contribution is 0.590. The number of hydrogen-bond acceptors (Lipinski definition) is 1. The van der Waals surface area contributed by atoms with Gasteiger partial charge in [0.15, 0.2) is 0 Å². The number of halogens is 2. The van der Waals surface area contributed by atoms with Crippen molar-refractivity contribution in [3.05, 3.63) is 35.5 Å². The number of nitrogens with two attached hydrogens (primary N) is 1. The summed E-state index contributed by atoms with van der Waals surface area (Å²) in [6, 6.07) is 3.57. The van der Waals surface area contributed by atoms with Crippen molar-refractivity contribution in [2.24, 2.45) is 5.73 Å². The Morgan fingerprint density at radius 1 is 1.29 bits per heavy atom. The van der Waals surface area contributed by atoms with Crippen LogP contribution in [0, 0.1) is 11.6 Å². The summed E-state index contributed by atoms with van der Waals surface area (Å²) in [4.78, 5) is 2.82. The molecule has 0 saturated heterocycles. The van der Waals surface area contributed by atoms with Gasteiger partial charge >= 0.3 is 0 Å². The van der Waals surface area contributed by atoms with Crippen LogP contribution in [0.1, 0.15) is 18.7 Å². The fourth-order valence-electron chi connectivity index (χ4n) is 1.43. The maximum atomic E-state index is 13.2. The molecule has 2 aromatic rings. The van der Waals surface area contributed by atoms with Crippen molar-refractivity contribution in [3.63, 3.8) is 0 Å². The van der Waals surface area contributed by atoms with E-state index in [1.54, 1.807) is 13.0 Å². The highest BCUT2D eigenvalue weighted by atomic mass is 19.1. The molecule has 0 saturated carbocycles. The summed E-state index contributed by atoms with van der Waals surface area (Å²) in [6.45, 7) is 1.78. The summed E-state index contributed by atoms with van der Waals surface area (Å²) < 4.78 is 26.0. The molecule has 0 aliphatic rings. The molecule has 1 aromatic heterocycles. The zero-order valence-electron chi connectivity index (χ0n) is 7.64. The zero-order chi connectivity index (χ0) is 10.3. The first-order chi connectivity index (χ1) is 6.58. The molecule has 0 fully saturated rings. The van der Waals surface area contributed by atoms with Crippen molar-refractivity contribution in [2.45, 2.75) is 13.0 Å². The standard InChI is InChI=1S/C10H10F2N2/c1-5(13)9-3-6-2-7(11)4-8(12)10(6)14-9/h2-5,14H,13H2,1H3. The predicted molar refractivity (Wildman–Crippen MR) is 50.8 cm³/mol. The van der Waals surface area contributed by atoms with Crippen LogP contribution in [0.5, 0.6) is 0 Å². The lowest BCUT2D eigenvalue weighted by atomic mass is 10.2. The minimum absolute atomic E-state index is 0.218. The Balaban J connectivity index is 2.70. The predicted octanol–water partition coefficient (Wildman–Crippen LogP) is 2.47. The van der Waals surface area contributed by atoms with E-state index in [9.17, 15) is 8.78 Å². The topological polar surface area (TPSA) is 41.8 Å². The molecular formula is C10H10F2N2. The van der Waals surface area contributed by atoms with E-state index in [1.807, 2.05) is 0 Å². The first-order valence-electron chi connectivity index (χ1n) is 4.31. The summed E-state index contributed by atoms with van der Waals surface area (Å²) in [5, 5.41) is 0.509. The number of nitrogens with one attached hydrogen (secondary N) is 1. The van der Waals surface area contributed by atoms with Crippen molar-refractivity contribution in [2.75, 3.05) is 0 Å². The molecule has 4 heteroatoms. The lowest BCUT2D eigenvalue weighted by Crippen LogP contribution is -2.04. The largest absolute Gasteiger partial charge is 0.355 e. The molecule has 74 valence electrons. The summed E-state index contributed by atoms with van der Waals surface area (Å²) in [6.07, 6.45) is 0. The number of benzene rings is 1. The van der Waals surface area contributed by atoms with Gasteiger partial charge in [-0.1, -0.05) is 0 Å². The molecule has 1 unspecified atom stereocenters. The fourth-order valence-corrected chi connectivity index (χ4v) is 1.43. The molecule has 0 bridgehead atoms. The third-order valence-corrected chi connectivity index (χ3v) is 2.16. The highest BCUT2D eigenvalue weighted by Crippen LogP contribution is 2.22. The average Bonchev–Trinajstić information content (AvgIpc) is 2.47. The second kappa shape index (κ2) is 3.06. The normalized spacial score (nSPS) is 13.4. The number of fused-ring (bicyclic) bond motifs is 1. The van der Waals surface area contributed by atoms with Gasteiger partial charge in [0.1, 0.15) is 11.6 Å². The van der Waals surface area contributed by atoms with Gasteiger partial charge in [-0.2, -0.15) is 0 Å². The second-order valence-corrected chi connectivity index (χ2v) is 3.37. The van der Waals surface area contributed by atoms with E-state index in [1.165, 1.54) is 6.07 Å². The van der Waals surface area contributed by atoms with Crippen molar-refractivity contribution < 1.29 is 8.78 Å². The van der Waals surface area contributed by atoms with Gasteiger partial charge < -0.3 is 10.7 Å². The first kappa shape index (κ1) is 9.15. The van der Waals surface area contributed by atoms with E-state index in [4.69, 9.17) is 5.73 Å². The maximum Gasteiger partial charge on any atom is 0.150 e. The van der Waals surface area contributed by atoms with Gasteiger partial charge in [0, 0.05) is 23.2 Å². The van der Waals surface area contributed by atoms with Crippen molar-refractivity contribution in [1.82, 2.24) is 4.98 Å². The molecule has 2 nitrogen and oxygen atoms in total. The minimum Gasteiger partial charge on any atom is -0.355 e. The Bertz CT molecular complexity index is 474. The second-order valence-electron chi connectivity index (χ2n) is 3.37. The zero-order valence-corrected chi connectivity index (χ0v) is 7.64. The van der Waals surface area contributed by atoms with Gasteiger partial charge in [-0.05, 0) is 19.1 Å². The Kier molecular flexibility index (Phi) is 2.00. The molecule has 3 N–H and O–H groups in total. The van der Waals surface area contributed by atoms with Crippen molar-refractivity contribution in [1.29, 1.82) is 0 Å². The van der Waals surface area contributed by atoms with Crippen LogP contribution in [0.15, 0.2) is 18.2 Å². The highest BCUT2D eigenvalue weighted by molar-refractivity contribution is 5.81. The Morgan fingerprint density at radius 3 is 2.64 bits per heavy atom. The van der Waals surface area contributed by atoms with E-state index in [-0.39, 0.29) is 6.04 Å². The number of aromatic nitrogens is 1. The number of aromatic amines is 1. The van der Waals surface area contributed by atoms with E-state index in [0.29, 0.717) is 16.6 Å². The molecule has 1 aromatic carbocycles. The van der Waals surface area contributed by atoms with Gasteiger partial charge in [0.05, 0.1) is 5.52 Å². The SMILES string of the molecule is CC(N)c1cc2cc(F)cc(F)c2[nH]1. The van der Waals surface area contributed by atoms with Crippen LogP contribution in [0.4, 0.5) is 8.78 Å². The van der Waals surface area contributed by atoms with Crippen LogP contribution in [-0.4, -0.2) is 4.98 Å². The molecule has 1 heterocycles. The first-order valence-corrected chi connectivity index (χ1v) is 4.31. The van der Waals surface area contributed by atoms with Crippen LogP contribution in [0.25, 0.3) is 10.9 Å². The van der Waals surface area contributed by atoms with E-state index in [2.05, 4.69) is 4.98 Å². The third kappa shape index (κ3) is 1.37. The van der Waals surface area contributed by atoms with Gasteiger partial charge in [0.2, 0.25) is 0 Å². The fraction of sp³-hybridized carbons (Fsp3) is 0.200. The highest BCUT2D eigenvalue weighted by Gasteiger charge is 2.09. The van der Waals surface area contributed by atoms with E-state index < -0.39 is 11.6 Å². The number of hydrogen-bond donors (Lipinski definition) is 2. The summed E-state index contributed by atoms with van der Waals surface area (Å²) in [5.41, 5.74) is 6.62. The third-order valence-electron chi connectivity index (χ3n) is 2.16. The Hall–Kier alpha value is -1.42. The quantitative estimate of drug-likeness (QED) is 0.722. The van der Waals surface area contributed by atoms with Crippen LogP contribution in [0.3, 0.4) is 0 Å². The van der Waals surface area contributed by atoms with Crippen LogP contribution in [0.2, 0.25) is 0 Å². The van der Waals surface area contributed by atoms with E-state index in [0.717, 1.165) is 6.07 Å². The maximum absolute atomic E-state index is 13.2. The summed E-state index contributed by atoms with van der Waals surface area (Å²) in [7, 11) is 0. The molecule has 0 aliphatic heterocycles. The Morgan fingerprint density at radius 2 is 2.00 bits per heavy atom. The number of H-pyrrole nitrogens is 1. The molecular weight excluding hydrogens is 186 g/mol. The molecule has 0 radical (unpaired) electrons. The molecule has 0 aliphatic carbocycles. The molecule has 2 rings (SSSR count). The molecule has 1 atom stereocenters. The minimum atomic E-state index is -0.591. The van der Waals surface area contributed by atoms with Crippen LogP contribution < -0.4 is 5.73 Å².